The average molecular weight is 1730 g/mol. The van der Waals surface area contributed by atoms with Gasteiger partial charge in [-0.3, -0.25) is 71.9 Å². The number of carboxylic acids is 2. The van der Waals surface area contributed by atoms with Gasteiger partial charge in [0.2, 0.25) is 82.7 Å². The van der Waals surface area contributed by atoms with Crippen molar-refractivity contribution in [3.05, 3.63) is 156 Å². The van der Waals surface area contributed by atoms with Crippen LogP contribution >= 0.6 is 25.3 Å². The van der Waals surface area contributed by atoms with E-state index in [1.165, 1.54) is 50.6 Å². The van der Waals surface area contributed by atoms with Gasteiger partial charge in [0.25, 0.3) is 0 Å². The number of hydrogen-bond donors (Lipinski definition) is 24. The molecule has 7 rings (SSSR count). The summed E-state index contributed by atoms with van der Waals surface area (Å²) in [4.78, 5) is 234. The molecule has 0 fully saturated rings. The van der Waals surface area contributed by atoms with Crippen LogP contribution in [0.4, 0.5) is 0 Å². The molecule has 14 amide bonds. The lowest BCUT2D eigenvalue weighted by Crippen LogP contribution is -2.62. The molecule has 3 heterocycles. The molecule has 0 bridgehead atoms. The van der Waals surface area contributed by atoms with Crippen LogP contribution in [0.1, 0.15) is 94.7 Å². The maximum Gasteiger partial charge on any atom is 0.326 e. The molecule has 0 radical (unpaired) electrons. The second-order valence-corrected chi connectivity index (χ2v) is 30.1. The van der Waals surface area contributed by atoms with Crippen molar-refractivity contribution in [3.8, 4) is 5.75 Å². The van der Waals surface area contributed by atoms with Crippen LogP contribution in [-0.4, -0.2) is 245 Å². The summed E-state index contributed by atoms with van der Waals surface area (Å²) in [6, 6.07) is 9.05. The van der Waals surface area contributed by atoms with E-state index >= 15 is 9.59 Å². The summed E-state index contributed by atoms with van der Waals surface area (Å²) in [6.07, 6.45) is 2.37. The molecule has 122 heavy (non-hydrogen) atoms. The number of aromatic nitrogens is 4. The van der Waals surface area contributed by atoms with E-state index in [0.29, 0.717) is 63.4 Å². The first-order chi connectivity index (χ1) is 58.1. The minimum Gasteiger partial charge on any atom is -0.508 e. The van der Waals surface area contributed by atoms with E-state index in [4.69, 9.17) is 5.73 Å². The summed E-state index contributed by atoms with van der Waals surface area (Å²) >= 11 is 8.49. The van der Waals surface area contributed by atoms with Gasteiger partial charge in [-0.2, -0.15) is 25.3 Å². The van der Waals surface area contributed by atoms with E-state index < -0.39 is 198 Å². The Hall–Kier alpha value is -12.9. The molecule has 0 aliphatic carbocycles. The number of carbonyl (C=O) groups is 16. The number of aromatic amines is 3. The summed E-state index contributed by atoms with van der Waals surface area (Å²) < 4.78 is 0. The number of nitrogens with one attached hydrogen (secondary N) is 17. The number of para-hydroxylation sites is 2. The van der Waals surface area contributed by atoms with E-state index in [1.54, 1.807) is 105 Å². The van der Waals surface area contributed by atoms with Gasteiger partial charge in [-0.15, -0.1) is 0 Å². The van der Waals surface area contributed by atoms with Crippen LogP contribution < -0.4 is 80.2 Å². The highest BCUT2D eigenvalue weighted by Crippen LogP contribution is 2.23. The number of unbranched alkanes of at least 4 members (excludes halogenated alkanes) is 1. The first-order valence-corrected chi connectivity index (χ1v) is 40.5. The molecule has 3 aromatic heterocycles. The van der Waals surface area contributed by atoms with Crippen molar-refractivity contribution in [2.75, 3.05) is 31.1 Å². The van der Waals surface area contributed by atoms with Gasteiger partial charge in [0.05, 0.1) is 25.4 Å². The van der Waals surface area contributed by atoms with Crippen LogP contribution in [-0.2, 0) is 109 Å². The highest BCUT2D eigenvalue weighted by molar-refractivity contribution is 7.80. The standard InChI is InChI=1S/C81H105N19O20S2/c1-42(2)68(99-75(113)60(32-49-36-86-55-20-12-10-18-53(49)55)95-74(112)62(34-67(106)107)92-70(108)43(3)89-77(115)63(39-121)90-45(5)102)79(117)98-64(40-122)78(116)93-58(30-47-22-24-51(103)25-23-47)72(110)94-59(31-48-35-85-54-19-11-9-17-52(48)54)73(111)96-61(33-50-37-83-41-88-50)76(114)100-69(44(4)101)80(118)97-57(29-46-15-7-6-8-16-46)71(109)87-38-66(105)84-28-26-65(104)91-56(81(119)120)21-13-14-27-82/h6-12,15-20,22-25,35-37,41-44,56-64,68-69,85-86,101,103,121-122H,13-14,21,26-34,38-40,82H2,1-5H3,(H,83,88)(H,84,105)(H,87,109)(H,89,115)(H,90,102)(H,91,104)(H,92,108)(H,93,116)(H,94,110)(H,95,112)(H,96,111)(H,97,118)(H,98,117)(H,99,113)(H,100,114)(H,106,107)(H,119,120)/t43-,44+,56+,57-,58-,59-,60-,61-,62-,63-,64-,68-,69-/m0/s1. The third-order valence-electron chi connectivity index (χ3n) is 19.4. The minimum absolute atomic E-state index is 0.136. The number of hydrogen-bond acceptors (Lipinski definition) is 22. The van der Waals surface area contributed by atoms with E-state index in [0.717, 1.165) is 6.92 Å². The molecule has 39 nitrogen and oxygen atoms in total. The maximum absolute atomic E-state index is 15.3. The number of H-pyrrole nitrogens is 3. The van der Waals surface area contributed by atoms with E-state index in [2.05, 4.69) is 120 Å². The number of nitrogens with two attached hydrogens (primary N) is 1. The van der Waals surface area contributed by atoms with E-state index in [-0.39, 0.29) is 68.7 Å². The number of imidazole rings is 1. The van der Waals surface area contributed by atoms with Crippen molar-refractivity contribution < 1.29 is 97.1 Å². The van der Waals surface area contributed by atoms with Gasteiger partial charge in [0, 0.05) is 110 Å². The largest absolute Gasteiger partial charge is 0.508 e. The van der Waals surface area contributed by atoms with Gasteiger partial charge in [0.15, 0.2) is 0 Å². The number of phenols is 1. The smallest absolute Gasteiger partial charge is 0.326 e. The number of aliphatic carboxylic acids is 2. The number of aliphatic hydroxyl groups excluding tert-OH is 1. The molecule has 13 atom stereocenters. The van der Waals surface area contributed by atoms with Crippen molar-refractivity contribution in [3.63, 3.8) is 0 Å². The number of carboxylic acid groups (broad SMARTS) is 2. The van der Waals surface area contributed by atoms with E-state index in [9.17, 15) is 87.5 Å². The minimum atomic E-state index is -1.88. The zero-order chi connectivity index (χ0) is 89.3. The fourth-order valence-corrected chi connectivity index (χ4v) is 13.4. The van der Waals surface area contributed by atoms with Crippen LogP contribution in [0, 0.1) is 5.92 Å². The van der Waals surface area contributed by atoms with Crippen molar-refractivity contribution in [2.45, 2.75) is 177 Å². The Morgan fingerprint density at radius 1 is 0.451 bits per heavy atom. The van der Waals surface area contributed by atoms with Gasteiger partial charge in [0.1, 0.15) is 78.3 Å². The molecule has 0 spiro atoms. The highest BCUT2D eigenvalue weighted by atomic mass is 32.1. The number of aliphatic hydroxyl groups is 1. The zero-order valence-electron chi connectivity index (χ0n) is 67.6. The van der Waals surface area contributed by atoms with Crippen LogP contribution in [0.2, 0.25) is 0 Å². The number of aromatic hydroxyl groups is 1. The molecule has 0 saturated heterocycles. The molecule has 0 unspecified atom stereocenters. The van der Waals surface area contributed by atoms with Gasteiger partial charge < -0.3 is 116 Å². The summed E-state index contributed by atoms with van der Waals surface area (Å²) in [7, 11) is 0. The molecule has 23 N–H and O–H groups in total. The van der Waals surface area contributed by atoms with Crippen molar-refractivity contribution in [1.82, 2.24) is 94.4 Å². The molecule has 0 aliphatic heterocycles. The van der Waals surface area contributed by atoms with Gasteiger partial charge in [-0.1, -0.05) is 92.7 Å². The predicted octanol–water partition coefficient (Wildman–Crippen LogP) is -2.34. The molecular weight excluding hydrogens is 1620 g/mol. The van der Waals surface area contributed by atoms with Crippen molar-refractivity contribution in [2.24, 2.45) is 11.7 Å². The Labute approximate surface area is 711 Å². The Kier molecular flexibility index (Phi) is 37.7. The number of fused-ring (bicyclic) bond motifs is 2. The van der Waals surface area contributed by atoms with Crippen molar-refractivity contribution >= 4 is 142 Å². The van der Waals surface area contributed by atoms with Crippen LogP contribution in [0.15, 0.2) is 128 Å². The van der Waals surface area contributed by atoms with Gasteiger partial charge in [-0.05, 0) is 92.1 Å². The van der Waals surface area contributed by atoms with Gasteiger partial charge >= 0.3 is 11.9 Å². The Bertz CT molecular complexity index is 4800. The van der Waals surface area contributed by atoms with Crippen LogP contribution in [0.25, 0.3) is 21.8 Å². The van der Waals surface area contributed by atoms with Crippen LogP contribution in [0.3, 0.4) is 0 Å². The number of carbonyl (C=O) groups excluding carboxylic acids is 14. The first kappa shape index (κ1) is 96.2. The third-order valence-corrected chi connectivity index (χ3v) is 20.2. The molecule has 41 heteroatoms. The average Bonchev–Trinajstić information content (AvgIpc) is 1.65. The number of nitrogens with zero attached hydrogens (tertiary/aromatic N) is 1. The highest BCUT2D eigenvalue weighted by Gasteiger charge is 2.39. The third kappa shape index (κ3) is 30.1. The number of rotatable bonds is 49. The van der Waals surface area contributed by atoms with E-state index in [1.807, 2.05) is 0 Å². The fraction of sp³-hybridized carbons (Fsp3) is 0.420. The molecule has 0 aliphatic rings. The molecule has 4 aromatic carbocycles. The zero-order valence-corrected chi connectivity index (χ0v) is 69.3. The molecule has 656 valence electrons. The maximum atomic E-state index is 15.3. The lowest BCUT2D eigenvalue weighted by molar-refractivity contribution is -0.142. The monoisotopic (exact) mass is 1730 g/mol. The van der Waals surface area contributed by atoms with Gasteiger partial charge in [-0.25, -0.2) is 9.78 Å². The lowest BCUT2D eigenvalue weighted by Gasteiger charge is -2.29. The summed E-state index contributed by atoms with van der Waals surface area (Å²) in [5.41, 5.74) is 8.85. The number of phenolic OH excluding ortho intramolecular Hbond substituents is 1. The molecule has 0 saturated carbocycles. The quantitative estimate of drug-likeness (QED) is 0.0140. The summed E-state index contributed by atoms with van der Waals surface area (Å²) in [5, 5.41) is 77.5. The first-order valence-electron chi connectivity index (χ1n) is 39.2. The predicted molar refractivity (Wildman–Crippen MR) is 450 cm³/mol. The van der Waals surface area contributed by atoms with Crippen LogP contribution in [0.5, 0.6) is 5.75 Å². The Morgan fingerprint density at radius 3 is 1.43 bits per heavy atom. The topological polar surface area (TPSA) is 609 Å². The Balaban J connectivity index is 1.11. The molecule has 7 aromatic rings. The normalized spacial score (nSPS) is 14.4. The second-order valence-electron chi connectivity index (χ2n) is 29.4. The number of benzene rings is 4. The summed E-state index contributed by atoms with van der Waals surface area (Å²) in [5.74, 6) is -17.5. The molecular formula is C81H105N19O20S2. The fourth-order valence-electron chi connectivity index (χ4n) is 12.9. The SMILES string of the molecule is CC(=O)N[C@@H](CS)C(=O)N[C@@H](C)C(=O)N[C@@H](CC(=O)O)C(=O)N[C@@H](Cc1c[nH]c2ccccc12)C(=O)N[C@H](C(=O)N[C@@H](CS)C(=O)N[C@@H](Cc1ccc(O)cc1)C(=O)N[C@@H](Cc1c[nH]c2ccccc12)C(=O)N[C@@H](Cc1cnc[nH]1)C(=O)N[C@H](C(=O)N[C@@H](Cc1ccccc1)C(=O)NCC(=O)NCCC(=O)N[C@H](CCCCN)C(=O)O)[C@@H](C)O)C(C)C. The number of amides is 14. The van der Waals surface area contributed by atoms with Crippen molar-refractivity contribution in [1.29, 1.82) is 0 Å². The number of thiol groups is 2. The lowest BCUT2D eigenvalue weighted by atomic mass is 9.99. The second kappa shape index (κ2) is 47.8. The summed E-state index contributed by atoms with van der Waals surface area (Å²) in [6.45, 7) is 6.10. The Morgan fingerprint density at radius 2 is 0.910 bits per heavy atom.